The largest absolute Gasteiger partial charge is 0.458 e. The molecular formula is C22H44O3. The molecule has 0 rings (SSSR count). The summed E-state index contributed by atoms with van der Waals surface area (Å²) < 4.78 is 12.0. The van der Waals surface area contributed by atoms with Gasteiger partial charge in [-0.25, -0.2) is 4.79 Å². The van der Waals surface area contributed by atoms with Crippen LogP contribution in [0.1, 0.15) is 114 Å². The first-order valence-corrected chi connectivity index (χ1v) is 10.2. The van der Waals surface area contributed by atoms with E-state index in [1.807, 2.05) is 13.8 Å². The standard InChI is InChI=1S/C22H44O3/c1-10-15-21(6,7)24-18(14-12-13-17-20(3,4)5)19(23)25-22(8,9)16-11-2/h18H,10-17H2,1-9H3. The summed E-state index contributed by atoms with van der Waals surface area (Å²) in [6, 6.07) is 0. The van der Waals surface area contributed by atoms with Gasteiger partial charge in [0.05, 0.1) is 5.60 Å². The fraction of sp³-hybridized carbons (Fsp3) is 0.955. The third-order valence-corrected chi connectivity index (χ3v) is 4.45. The molecule has 0 aliphatic heterocycles. The van der Waals surface area contributed by atoms with Crippen molar-refractivity contribution in [1.29, 1.82) is 0 Å². The van der Waals surface area contributed by atoms with Crippen LogP contribution in [0.3, 0.4) is 0 Å². The summed E-state index contributed by atoms with van der Waals surface area (Å²) in [5, 5.41) is 0. The molecule has 0 aliphatic rings. The molecule has 150 valence electrons. The molecule has 0 aromatic rings. The fourth-order valence-electron chi connectivity index (χ4n) is 3.25. The molecule has 1 unspecified atom stereocenters. The Labute approximate surface area is 157 Å². The van der Waals surface area contributed by atoms with Crippen LogP contribution in [0.4, 0.5) is 0 Å². The monoisotopic (exact) mass is 356 g/mol. The lowest BCUT2D eigenvalue weighted by molar-refractivity contribution is -0.182. The van der Waals surface area contributed by atoms with Gasteiger partial charge < -0.3 is 9.47 Å². The normalized spacial score (nSPS) is 14.4. The second-order valence-corrected chi connectivity index (χ2v) is 9.85. The molecule has 0 N–H and O–H groups in total. The zero-order valence-corrected chi connectivity index (χ0v) is 18.5. The second-order valence-electron chi connectivity index (χ2n) is 9.85. The Kier molecular flexibility index (Phi) is 10.3. The third-order valence-electron chi connectivity index (χ3n) is 4.45. The molecule has 0 amide bonds. The predicted molar refractivity (Wildman–Crippen MR) is 107 cm³/mol. The van der Waals surface area contributed by atoms with Gasteiger partial charge in [0.1, 0.15) is 5.60 Å². The first-order valence-electron chi connectivity index (χ1n) is 10.2. The molecule has 25 heavy (non-hydrogen) atoms. The highest BCUT2D eigenvalue weighted by Gasteiger charge is 2.32. The SMILES string of the molecule is CCCC(C)(C)OC(=O)C(CCCCC(C)(C)C)OC(C)(C)CCC. The molecule has 3 heteroatoms. The van der Waals surface area contributed by atoms with Crippen molar-refractivity contribution in [2.24, 2.45) is 5.41 Å². The minimum atomic E-state index is -0.461. The minimum absolute atomic E-state index is 0.196. The summed E-state index contributed by atoms with van der Waals surface area (Å²) in [5.41, 5.74) is -0.382. The second kappa shape index (κ2) is 10.5. The van der Waals surface area contributed by atoms with Gasteiger partial charge in [-0.05, 0) is 58.8 Å². The molecule has 0 bridgehead atoms. The van der Waals surface area contributed by atoms with Crippen LogP contribution in [0.2, 0.25) is 0 Å². The number of carbonyl (C=O) groups excluding carboxylic acids is 1. The summed E-state index contributed by atoms with van der Waals surface area (Å²) >= 11 is 0. The Morgan fingerprint density at radius 3 is 1.80 bits per heavy atom. The number of ether oxygens (including phenoxy) is 2. The maximum Gasteiger partial charge on any atom is 0.335 e. The molecule has 0 saturated heterocycles. The Morgan fingerprint density at radius 2 is 1.32 bits per heavy atom. The van der Waals surface area contributed by atoms with E-state index in [-0.39, 0.29) is 11.6 Å². The summed E-state index contributed by atoms with van der Waals surface area (Å²) in [5.74, 6) is -0.196. The minimum Gasteiger partial charge on any atom is -0.458 e. The van der Waals surface area contributed by atoms with Crippen LogP contribution >= 0.6 is 0 Å². The molecule has 0 radical (unpaired) electrons. The Hall–Kier alpha value is -0.570. The number of rotatable bonds is 12. The van der Waals surface area contributed by atoms with Crippen LogP contribution in [0.25, 0.3) is 0 Å². The van der Waals surface area contributed by atoms with Gasteiger partial charge in [0, 0.05) is 0 Å². The van der Waals surface area contributed by atoms with E-state index in [9.17, 15) is 4.79 Å². The molecule has 0 aliphatic carbocycles. The number of esters is 1. The number of carbonyl (C=O) groups is 1. The van der Waals surface area contributed by atoms with E-state index in [0.29, 0.717) is 5.41 Å². The smallest absolute Gasteiger partial charge is 0.335 e. The number of hydrogen-bond acceptors (Lipinski definition) is 3. The number of unbranched alkanes of at least 4 members (excludes halogenated alkanes) is 1. The van der Waals surface area contributed by atoms with E-state index in [1.54, 1.807) is 0 Å². The fourth-order valence-corrected chi connectivity index (χ4v) is 3.25. The van der Waals surface area contributed by atoms with Gasteiger partial charge in [-0.15, -0.1) is 0 Å². The van der Waals surface area contributed by atoms with Gasteiger partial charge in [0.25, 0.3) is 0 Å². The quantitative estimate of drug-likeness (QED) is 0.289. The van der Waals surface area contributed by atoms with Crippen molar-refractivity contribution in [1.82, 2.24) is 0 Å². The van der Waals surface area contributed by atoms with Crippen molar-refractivity contribution >= 4 is 5.97 Å². The predicted octanol–water partition coefficient (Wildman–Crippen LogP) is 6.68. The van der Waals surface area contributed by atoms with Gasteiger partial charge in [0.2, 0.25) is 0 Å². The van der Waals surface area contributed by atoms with Crippen molar-refractivity contribution in [3.05, 3.63) is 0 Å². The van der Waals surface area contributed by atoms with E-state index in [4.69, 9.17) is 9.47 Å². The van der Waals surface area contributed by atoms with Crippen molar-refractivity contribution in [3.63, 3.8) is 0 Å². The number of hydrogen-bond donors (Lipinski definition) is 0. The maximum absolute atomic E-state index is 12.8. The van der Waals surface area contributed by atoms with Crippen molar-refractivity contribution < 1.29 is 14.3 Å². The third kappa shape index (κ3) is 12.4. The Morgan fingerprint density at radius 1 is 0.800 bits per heavy atom. The molecular weight excluding hydrogens is 312 g/mol. The summed E-state index contributed by atoms with van der Waals surface area (Å²) in [6.45, 7) is 19.1. The summed E-state index contributed by atoms with van der Waals surface area (Å²) in [7, 11) is 0. The van der Waals surface area contributed by atoms with Gasteiger partial charge in [-0.3, -0.25) is 0 Å². The first kappa shape index (κ1) is 24.4. The maximum atomic E-state index is 12.8. The van der Waals surface area contributed by atoms with E-state index in [1.165, 1.54) is 0 Å². The zero-order valence-electron chi connectivity index (χ0n) is 18.5. The molecule has 1 atom stereocenters. The van der Waals surface area contributed by atoms with Crippen LogP contribution in [0.5, 0.6) is 0 Å². The lowest BCUT2D eigenvalue weighted by Gasteiger charge is -2.33. The van der Waals surface area contributed by atoms with E-state index < -0.39 is 11.7 Å². The van der Waals surface area contributed by atoms with Crippen LogP contribution in [0, 0.1) is 5.41 Å². The van der Waals surface area contributed by atoms with Gasteiger partial charge in [0.15, 0.2) is 6.10 Å². The molecule has 0 spiro atoms. The Bertz CT molecular complexity index is 377. The van der Waals surface area contributed by atoms with E-state index in [0.717, 1.165) is 51.4 Å². The lowest BCUT2D eigenvalue weighted by atomic mass is 9.89. The lowest BCUT2D eigenvalue weighted by Crippen LogP contribution is -2.40. The average Bonchev–Trinajstić information content (AvgIpc) is 2.40. The van der Waals surface area contributed by atoms with Crippen LogP contribution in [-0.2, 0) is 14.3 Å². The Balaban J connectivity index is 4.84. The van der Waals surface area contributed by atoms with Gasteiger partial charge >= 0.3 is 5.97 Å². The van der Waals surface area contributed by atoms with Crippen molar-refractivity contribution in [2.75, 3.05) is 0 Å². The molecule has 3 nitrogen and oxygen atoms in total. The topological polar surface area (TPSA) is 35.5 Å². The van der Waals surface area contributed by atoms with Crippen molar-refractivity contribution in [2.45, 2.75) is 131 Å². The average molecular weight is 357 g/mol. The van der Waals surface area contributed by atoms with Gasteiger partial charge in [-0.2, -0.15) is 0 Å². The molecule has 0 aromatic heterocycles. The highest BCUT2D eigenvalue weighted by atomic mass is 16.6. The summed E-state index contributed by atoms with van der Waals surface area (Å²) in [4.78, 5) is 12.8. The highest BCUT2D eigenvalue weighted by Crippen LogP contribution is 2.27. The first-order chi connectivity index (χ1) is 11.3. The zero-order chi connectivity index (χ0) is 19.7. The molecule has 0 saturated carbocycles. The highest BCUT2D eigenvalue weighted by molar-refractivity contribution is 5.75. The van der Waals surface area contributed by atoms with Gasteiger partial charge in [-0.1, -0.05) is 60.3 Å². The molecule has 0 fully saturated rings. The summed E-state index contributed by atoms with van der Waals surface area (Å²) in [6.07, 6.45) is 7.40. The van der Waals surface area contributed by atoms with Crippen LogP contribution in [0.15, 0.2) is 0 Å². The van der Waals surface area contributed by atoms with Crippen molar-refractivity contribution in [3.8, 4) is 0 Å². The molecule has 0 aromatic carbocycles. The molecule has 0 heterocycles. The van der Waals surface area contributed by atoms with E-state index >= 15 is 0 Å². The van der Waals surface area contributed by atoms with Crippen LogP contribution < -0.4 is 0 Å². The van der Waals surface area contributed by atoms with E-state index in [2.05, 4.69) is 48.5 Å². The van der Waals surface area contributed by atoms with Crippen LogP contribution in [-0.4, -0.2) is 23.3 Å².